The molecule has 1 aliphatic rings. The van der Waals surface area contributed by atoms with Crippen molar-refractivity contribution in [1.82, 2.24) is 5.32 Å². The third-order valence-electron chi connectivity index (χ3n) is 4.50. The Balaban J connectivity index is 1.77. The lowest BCUT2D eigenvalue weighted by atomic mass is 10.1. The summed E-state index contributed by atoms with van der Waals surface area (Å²) in [5.41, 5.74) is 3.88. The quantitative estimate of drug-likeness (QED) is 0.302. The lowest BCUT2D eigenvalue weighted by Gasteiger charge is -2.13. The first-order valence-corrected chi connectivity index (χ1v) is 11.3. The van der Waals surface area contributed by atoms with Crippen molar-refractivity contribution in [2.75, 3.05) is 11.9 Å². The molecule has 0 saturated carbocycles. The zero-order chi connectivity index (χ0) is 21.5. The highest BCUT2D eigenvalue weighted by atomic mass is 79.9. The molecule has 0 unspecified atom stereocenters. The Morgan fingerprint density at radius 2 is 2.13 bits per heavy atom. The summed E-state index contributed by atoms with van der Waals surface area (Å²) < 4.78 is 6.46. The molecule has 2 aromatic carbocycles. The minimum absolute atomic E-state index is 0.100. The number of halogens is 1. The molecule has 6 heteroatoms. The second kappa shape index (κ2) is 10.4. The molecule has 1 aliphatic heterocycles. The van der Waals surface area contributed by atoms with Crippen LogP contribution in [0.3, 0.4) is 0 Å². The van der Waals surface area contributed by atoms with Crippen LogP contribution in [0, 0.1) is 12.3 Å². The van der Waals surface area contributed by atoms with Crippen LogP contribution in [0.4, 0.5) is 5.69 Å². The molecule has 30 heavy (non-hydrogen) atoms. The van der Waals surface area contributed by atoms with Gasteiger partial charge in [-0.15, -0.1) is 13.0 Å². The van der Waals surface area contributed by atoms with Gasteiger partial charge in [-0.2, -0.15) is 0 Å². The zero-order valence-electron chi connectivity index (χ0n) is 16.7. The Morgan fingerprint density at radius 1 is 1.37 bits per heavy atom. The number of hydrogen-bond acceptors (Lipinski definition) is 4. The Kier molecular flexibility index (Phi) is 7.67. The molecule has 0 spiro atoms. The van der Waals surface area contributed by atoms with E-state index in [4.69, 9.17) is 11.2 Å². The van der Waals surface area contributed by atoms with Crippen molar-refractivity contribution in [3.05, 3.63) is 75.1 Å². The van der Waals surface area contributed by atoms with Gasteiger partial charge in [0, 0.05) is 5.69 Å². The van der Waals surface area contributed by atoms with Gasteiger partial charge >= 0.3 is 0 Å². The summed E-state index contributed by atoms with van der Waals surface area (Å²) in [7, 11) is 0. The fourth-order valence-corrected chi connectivity index (χ4v) is 4.66. The highest BCUT2D eigenvalue weighted by molar-refractivity contribution is 9.10. The Morgan fingerprint density at radius 3 is 2.80 bits per heavy atom. The van der Waals surface area contributed by atoms with Gasteiger partial charge in [-0.1, -0.05) is 42.8 Å². The Hall–Kier alpha value is -2.62. The molecule has 2 N–H and O–H groups in total. The number of terminal acetylenes is 1. The molecule has 0 aromatic heterocycles. The van der Waals surface area contributed by atoms with Crippen LogP contribution < -0.4 is 15.4 Å². The van der Waals surface area contributed by atoms with Crippen LogP contribution in [-0.4, -0.2) is 18.0 Å². The van der Waals surface area contributed by atoms with Crippen molar-refractivity contribution in [2.45, 2.75) is 25.3 Å². The summed E-state index contributed by atoms with van der Waals surface area (Å²) in [6, 6.07) is 12.1. The molecule has 154 valence electrons. The molecule has 1 heterocycles. The lowest BCUT2D eigenvalue weighted by Crippen LogP contribution is -2.30. The van der Waals surface area contributed by atoms with Crippen LogP contribution in [0.15, 0.2) is 58.4 Å². The summed E-state index contributed by atoms with van der Waals surface area (Å²) in [4.78, 5) is 13.1. The topological polar surface area (TPSA) is 50.4 Å². The van der Waals surface area contributed by atoms with Crippen molar-refractivity contribution in [2.24, 2.45) is 0 Å². The van der Waals surface area contributed by atoms with Gasteiger partial charge in [0.15, 0.2) is 5.50 Å². The van der Waals surface area contributed by atoms with E-state index in [2.05, 4.69) is 58.1 Å². The van der Waals surface area contributed by atoms with Crippen LogP contribution in [0.5, 0.6) is 5.75 Å². The number of thioether (sulfide) groups is 1. The predicted molar refractivity (Wildman–Crippen MR) is 129 cm³/mol. The number of aryl methyl sites for hydroxylation is 1. The van der Waals surface area contributed by atoms with Crippen LogP contribution in [0.2, 0.25) is 0 Å². The number of amides is 1. The first kappa shape index (κ1) is 22.1. The zero-order valence-corrected chi connectivity index (χ0v) is 19.1. The number of nitrogens with one attached hydrogen (secondary N) is 2. The Labute approximate surface area is 190 Å². The SMILES string of the molecule is C#CCOc1c(Br)cc(/C=C2\S[C@H](Nc3ccc(CC)cc3)NC2=O)cc1CC=C. The van der Waals surface area contributed by atoms with Gasteiger partial charge in [0.2, 0.25) is 0 Å². The van der Waals surface area contributed by atoms with E-state index < -0.39 is 0 Å². The highest BCUT2D eigenvalue weighted by Gasteiger charge is 2.27. The molecular formula is C24H23BrN2O2S. The van der Waals surface area contributed by atoms with E-state index in [1.54, 1.807) is 0 Å². The van der Waals surface area contributed by atoms with Crippen molar-refractivity contribution in [3.8, 4) is 18.1 Å². The van der Waals surface area contributed by atoms with Crippen molar-refractivity contribution >= 4 is 45.4 Å². The number of carbonyl (C=O) groups is 1. The van der Waals surface area contributed by atoms with Crippen molar-refractivity contribution in [3.63, 3.8) is 0 Å². The number of anilines is 1. The van der Waals surface area contributed by atoms with E-state index in [9.17, 15) is 4.79 Å². The first-order valence-electron chi connectivity index (χ1n) is 9.58. The highest BCUT2D eigenvalue weighted by Crippen LogP contribution is 2.35. The third-order valence-corrected chi connectivity index (χ3v) is 6.11. The standard InChI is InChI=1S/C24H23BrN2O2S/c1-4-7-18-13-17(14-20(25)22(18)29-12-5-2)15-21-23(28)27-24(30-21)26-19-10-8-16(6-3)9-11-19/h2,4,8-11,13-15,24,26H,1,6-7,12H2,3H3,(H,27,28)/b21-15-/t24-/m1/s1. The number of allylic oxidation sites excluding steroid dienone is 1. The van der Waals surface area contributed by atoms with E-state index in [0.717, 1.165) is 27.7 Å². The van der Waals surface area contributed by atoms with Gasteiger partial charge in [-0.05, 0) is 75.8 Å². The average Bonchev–Trinajstić information content (AvgIpc) is 3.07. The van der Waals surface area contributed by atoms with Crippen LogP contribution in [0.1, 0.15) is 23.6 Å². The average molecular weight is 483 g/mol. The van der Waals surface area contributed by atoms with Crippen molar-refractivity contribution < 1.29 is 9.53 Å². The maximum Gasteiger partial charge on any atom is 0.260 e. The first-order chi connectivity index (χ1) is 14.5. The van der Waals surface area contributed by atoms with Gasteiger partial charge in [-0.3, -0.25) is 4.79 Å². The maximum absolute atomic E-state index is 12.5. The number of ether oxygens (including phenoxy) is 1. The summed E-state index contributed by atoms with van der Waals surface area (Å²) in [5, 5.41) is 6.31. The minimum Gasteiger partial charge on any atom is -0.479 e. The van der Waals surface area contributed by atoms with E-state index in [0.29, 0.717) is 17.1 Å². The van der Waals surface area contributed by atoms with Gasteiger partial charge in [0.25, 0.3) is 5.91 Å². The molecular weight excluding hydrogens is 460 g/mol. The summed E-state index contributed by atoms with van der Waals surface area (Å²) in [5.74, 6) is 3.08. The van der Waals surface area contributed by atoms with E-state index in [-0.39, 0.29) is 18.0 Å². The molecule has 0 bridgehead atoms. The molecule has 0 radical (unpaired) electrons. The second-order valence-corrected chi connectivity index (χ2v) is 8.65. The molecule has 4 nitrogen and oxygen atoms in total. The molecule has 3 rings (SSSR count). The molecule has 2 aromatic rings. The van der Waals surface area contributed by atoms with E-state index in [1.165, 1.54) is 17.3 Å². The van der Waals surface area contributed by atoms with Gasteiger partial charge in [0.05, 0.1) is 9.38 Å². The molecule has 1 amide bonds. The normalized spacial score (nSPS) is 16.8. The van der Waals surface area contributed by atoms with Gasteiger partial charge in [-0.25, -0.2) is 0 Å². The summed E-state index contributed by atoms with van der Waals surface area (Å²) in [6.07, 6.45) is 10.6. The fourth-order valence-electron chi connectivity index (χ4n) is 3.04. The maximum atomic E-state index is 12.5. The largest absolute Gasteiger partial charge is 0.479 e. The van der Waals surface area contributed by atoms with E-state index in [1.807, 2.05) is 36.4 Å². The molecule has 0 aliphatic carbocycles. The monoisotopic (exact) mass is 482 g/mol. The van der Waals surface area contributed by atoms with Crippen molar-refractivity contribution in [1.29, 1.82) is 0 Å². The Bertz CT molecular complexity index is 1010. The smallest absolute Gasteiger partial charge is 0.260 e. The molecule has 1 fully saturated rings. The van der Waals surface area contributed by atoms with Crippen LogP contribution >= 0.6 is 27.7 Å². The third kappa shape index (κ3) is 5.50. The lowest BCUT2D eigenvalue weighted by molar-refractivity contribution is -0.116. The second-order valence-electron chi connectivity index (χ2n) is 6.65. The fraction of sp³-hybridized carbons (Fsp3) is 0.208. The predicted octanol–water partition coefficient (Wildman–Crippen LogP) is 5.35. The number of hydrogen-bond donors (Lipinski definition) is 2. The summed E-state index contributed by atoms with van der Waals surface area (Å²) >= 11 is 5.01. The number of benzene rings is 2. The van der Waals surface area contributed by atoms with E-state index >= 15 is 0 Å². The van der Waals surface area contributed by atoms with Gasteiger partial charge < -0.3 is 15.4 Å². The summed E-state index contributed by atoms with van der Waals surface area (Å²) in [6.45, 7) is 6.12. The van der Waals surface area contributed by atoms with Crippen LogP contribution in [0.25, 0.3) is 6.08 Å². The van der Waals surface area contributed by atoms with Crippen LogP contribution in [-0.2, 0) is 17.6 Å². The number of carbonyl (C=O) groups excluding carboxylic acids is 1. The number of rotatable bonds is 8. The van der Waals surface area contributed by atoms with Gasteiger partial charge in [0.1, 0.15) is 12.4 Å². The molecule has 1 saturated heterocycles. The molecule has 1 atom stereocenters. The minimum atomic E-state index is -0.217.